The van der Waals surface area contributed by atoms with Gasteiger partial charge in [-0.3, -0.25) is 9.59 Å². The van der Waals surface area contributed by atoms with E-state index in [0.29, 0.717) is 24.0 Å². The van der Waals surface area contributed by atoms with E-state index in [-0.39, 0.29) is 23.2 Å². The molecule has 4 N–H and O–H groups in total. The lowest BCUT2D eigenvalue weighted by molar-refractivity contribution is -0.145. The van der Waals surface area contributed by atoms with Gasteiger partial charge in [-0.1, -0.05) is 25.0 Å². The largest absolute Gasteiger partial charge is 0.504 e. The minimum Gasteiger partial charge on any atom is -0.504 e. The zero-order valence-electron chi connectivity index (χ0n) is 14.5. The fourth-order valence-electron chi connectivity index (χ4n) is 4.54. The Labute approximate surface area is 155 Å². The summed E-state index contributed by atoms with van der Waals surface area (Å²) in [6.45, 7) is 0. The second-order valence-electron chi connectivity index (χ2n) is 7.28. The molecule has 4 atom stereocenters. The summed E-state index contributed by atoms with van der Waals surface area (Å²) in [5.74, 6) is -3.66. The highest BCUT2D eigenvalue weighted by atomic mass is 16.5. The maximum atomic E-state index is 11.9. The van der Waals surface area contributed by atoms with Gasteiger partial charge in [0.1, 0.15) is 5.76 Å². The van der Waals surface area contributed by atoms with Crippen LogP contribution in [0.4, 0.5) is 0 Å². The van der Waals surface area contributed by atoms with Crippen LogP contribution in [0, 0.1) is 11.8 Å². The van der Waals surface area contributed by atoms with E-state index in [1.54, 1.807) is 12.1 Å². The van der Waals surface area contributed by atoms with Gasteiger partial charge in [0.25, 0.3) is 0 Å². The van der Waals surface area contributed by atoms with Crippen molar-refractivity contribution < 1.29 is 34.8 Å². The molecule has 0 spiro atoms. The fourth-order valence-corrected chi connectivity index (χ4v) is 4.54. The van der Waals surface area contributed by atoms with E-state index in [4.69, 9.17) is 4.74 Å². The molecule has 3 aliphatic rings. The summed E-state index contributed by atoms with van der Waals surface area (Å²) < 4.78 is 5.65. The fraction of sp³-hybridized carbons (Fsp3) is 0.400. The van der Waals surface area contributed by atoms with Gasteiger partial charge < -0.3 is 25.2 Å². The molecule has 0 radical (unpaired) electrons. The second-order valence-corrected chi connectivity index (χ2v) is 7.28. The maximum Gasteiger partial charge on any atom is 0.306 e. The second kappa shape index (κ2) is 6.42. The topological polar surface area (TPSA) is 124 Å². The van der Waals surface area contributed by atoms with Crippen LogP contribution in [0.25, 0.3) is 0 Å². The average Bonchev–Trinajstić information content (AvgIpc) is 2.66. The molecule has 1 aromatic carbocycles. The number of aliphatic hydroxyl groups is 1. The van der Waals surface area contributed by atoms with Crippen LogP contribution in [0.15, 0.2) is 35.6 Å². The number of carbonyl (C=O) groups is 2. The smallest absolute Gasteiger partial charge is 0.306 e. The molecule has 4 unspecified atom stereocenters. The summed E-state index contributed by atoms with van der Waals surface area (Å²) in [5.41, 5.74) is 1.10. The zero-order valence-corrected chi connectivity index (χ0v) is 14.5. The summed E-state index contributed by atoms with van der Waals surface area (Å²) in [7, 11) is 0. The molecule has 7 heteroatoms. The summed E-state index contributed by atoms with van der Waals surface area (Å²) in [6, 6.07) is 2.94. The monoisotopic (exact) mass is 372 g/mol. The average molecular weight is 372 g/mol. The first kappa shape index (κ1) is 17.6. The molecule has 2 aliphatic carbocycles. The number of rotatable bonds is 2. The van der Waals surface area contributed by atoms with Gasteiger partial charge in [0.05, 0.1) is 5.92 Å². The van der Waals surface area contributed by atoms with Crippen LogP contribution in [-0.2, 0) is 9.59 Å². The first-order valence-corrected chi connectivity index (χ1v) is 8.99. The van der Waals surface area contributed by atoms with Crippen LogP contribution in [0.3, 0.4) is 0 Å². The van der Waals surface area contributed by atoms with Crippen molar-refractivity contribution in [3.8, 4) is 17.2 Å². The molecule has 0 bridgehead atoms. The lowest BCUT2D eigenvalue weighted by Gasteiger charge is -2.40. The number of carboxylic acid groups (broad SMARTS) is 1. The molecule has 142 valence electrons. The Morgan fingerprint density at radius 3 is 2.59 bits per heavy atom. The lowest BCUT2D eigenvalue weighted by atomic mass is 9.66. The predicted octanol–water partition coefficient (Wildman–Crippen LogP) is 2.22. The molecule has 1 aromatic rings. The number of carboxylic acids is 1. The van der Waals surface area contributed by atoms with E-state index in [1.165, 1.54) is 12.1 Å². The number of aliphatic hydroxyl groups excluding tert-OH is 1. The highest BCUT2D eigenvalue weighted by Gasteiger charge is 2.45. The maximum absolute atomic E-state index is 11.9. The van der Waals surface area contributed by atoms with Crippen molar-refractivity contribution in [3.63, 3.8) is 0 Å². The summed E-state index contributed by atoms with van der Waals surface area (Å²) in [5, 5.41) is 40.1. The van der Waals surface area contributed by atoms with Crippen LogP contribution in [0.2, 0.25) is 0 Å². The molecule has 1 aliphatic heterocycles. The van der Waals surface area contributed by atoms with E-state index in [2.05, 4.69) is 0 Å². The van der Waals surface area contributed by atoms with Crippen molar-refractivity contribution in [2.24, 2.45) is 11.8 Å². The number of hydrogen-bond acceptors (Lipinski definition) is 6. The van der Waals surface area contributed by atoms with Gasteiger partial charge >= 0.3 is 5.97 Å². The van der Waals surface area contributed by atoms with Crippen molar-refractivity contribution in [2.75, 3.05) is 0 Å². The molecule has 0 saturated heterocycles. The Hall–Kier alpha value is -2.80. The van der Waals surface area contributed by atoms with Crippen LogP contribution in [0.1, 0.15) is 37.2 Å². The van der Waals surface area contributed by atoms with E-state index < -0.39 is 35.4 Å². The number of aliphatic carboxylic acids is 1. The zero-order chi connectivity index (χ0) is 19.3. The third-order valence-electron chi connectivity index (χ3n) is 5.82. The van der Waals surface area contributed by atoms with Crippen molar-refractivity contribution in [1.29, 1.82) is 0 Å². The first-order chi connectivity index (χ1) is 12.9. The third kappa shape index (κ3) is 2.70. The molecule has 1 heterocycles. The molecule has 7 nitrogen and oxygen atoms in total. The quantitative estimate of drug-likeness (QED) is 0.587. The number of allylic oxidation sites excluding steroid dienone is 2. The number of carbonyl (C=O) groups excluding carboxylic acids is 1. The van der Waals surface area contributed by atoms with Gasteiger partial charge in [0.2, 0.25) is 5.75 Å². The number of hydrogen-bond donors (Lipinski definition) is 4. The van der Waals surface area contributed by atoms with E-state index in [9.17, 15) is 30.0 Å². The number of benzene rings is 1. The van der Waals surface area contributed by atoms with Gasteiger partial charge in [0.15, 0.2) is 23.4 Å². The van der Waals surface area contributed by atoms with Crippen LogP contribution in [0.5, 0.6) is 17.2 Å². The molecule has 0 aromatic heterocycles. The number of ketones is 1. The Bertz CT molecular complexity index is 883. The van der Waals surface area contributed by atoms with Crippen LogP contribution in [-0.4, -0.2) is 38.3 Å². The molecule has 1 fully saturated rings. The van der Waals surface area contributed by atoms with Gasteiger partial charge in [-0.15, -0.1) is 0 Å². The Morgan fingerprint density at radius 2 is 1.85 bits per heavy atom. The molecule has 1 saturated carbocycles. The molecular weight excluding hydrogens is 352 g/mol. The molecule has 0 amide bonds. The van der Waals surface area contributed by atoms with E-state index in [0.717, 1.165) is 12.8 Å². The SMILES string of the molecule is O=C1C=CC2=C(Oc3c(ccc(O)c3O)C2C2CCCCC2C(=O)O)C1O. The Morgan fingerprint density at radius 1 is 1.11 bits per heavy atom. The molecular formula is C20H20O7. The van der Waals surface area contributed by atoms with Crippen LogP contribution < -0.4 is 4.74 Å². The van der Waals surface area contributed by atoms with Gasteiger partial charge in [-0.25, -0.2) is 0 Å². The number of fused-ring (bicyclic) bond motifs is 1. The lowest BCUT2D eigenvalue weighted by Crippen LogP contribution is -2.37. The van der Waals surface area contributed by atoms with Gasteiger partial charge in [0, 0.05) is 17.1 Å². The van der Waals surface area contributed by atoms with Crippen molar-refractivity contribution >= 4 is 11.8 Å². The number of phenols is 2. The standard InChI is InChI=1S/C20H20O7/c21-13-7-5-11-15(9-3-1-2-4-10(9)20(25)26)12-6-8-14(22)17(24)19(12)27-18(11)16(13)23/h5-10,15-16,22-24H,1-4H2,(H,25,26). The number of aromatic hydroxyl groups is 2. The Kier molecular flexibility index (Phi) is 4.19. The van der Waals surface area contributed by atoms with Crippen LogP contribution >= 0.6 is 0 Å². The van der Waals surface area contributed by atoms with Crippen molar-refractivity contribution in [1.82, 2.24) is 0 Å². The molecule has 27 heavy (non-hydrogen) atoms. The minimum atomic E-state index is -1.52. The first-order valence-electron chi connectivity index (χ1n) is 8.99. The Balaban J connectivity index is 1.91. The third-order valence-corrected chi connectivity index (χ3v) is 5.82. The molecule has 4 rings (SSSR count). The summed E-state index contributed by atoms with van der Waals surface area (Å²) in [6.07, 6.45) is 4.22. The van der Waals surface area contributed by atoms with E-state index >= 15 is 0 Å². The number of ether oxygens (including phenoxy) is 1. The predicted molar refractivity (Wildman–Crippen MR) is 93.4 cm³/mol. The number of phenolic OH excluding ortho intramolecular Hbond substituents is 2. The minimum absolute atomic E-state index is 0.00406. The van der Waals surface area contributed by atoms with Crippen molar-refractivity contribution in [3.05, 3.63) is 41.2 Å². The summed E-state index contributed by atoms with van der Waals surface area (Å²) in [4.78, 5) is 23.8. The van der Waals surface area contributed by atoms with Gasteiger partial charge in [-0.05, 0) is 30.9 Å². The summed E-state index contributed by atoms with van der Waals surface area (Å²) >= 11 is 0. The van der Waals surface area contributed by atoms with E-state index in [1.807, 2.05) is 0 Å². The van der Waals surface area contributed by atoms with Crippen molar-refractivity contribution in [2.45, 2.75) is 37.7 Å². The highest BCUT2D eigenvalue weighted by Crippen LogP contribution is 2.54. The highest BCUT2D eigenvalue weighted by molar-refractivity contribution is 5.97. The normalized spacial score (nSPS) is 29.7. The van der Waals surface area contributed by atoms with Gasteiger partial charge in [-0.2, -0.15) is 0 Å².